The van der Waals surface area contributed by atoms with Crippen molar-refractivity contribution < 1.29 is 0 Å². The van der Waals surface area contributed by atoms with E-state index in [4.69, 9.17) is 0 Å². The van der Waals surface area contributed by atoms with Crippen molar-refractivity contribution in [2.45, 2.75) is 63.8 Å². The van der Waals surface area contributed by atoms with Crippen LogP contribution in [0.15, 0.2) is 36.9 Å². The van der Waals surface area contributed by atoms with Gasteiger partial charge in [-0.2, -0.15) is 0 Å². The molecule has 0 unspecified atom stereocenters. The summed E-state index contributed by atoms with van der Waals surface area (Å²) in [4.78, 5) is 4.21. The first-order valence-electron chi connectivity index (χ1n) is 8.88. The van der Waals surface area contributed by atoms with Gasteiger partial charge >= 0.3 is 0 Å². The highest BCUT2D eigenvalue weighted by Crippen LogP contribution is 2.50. The van der Waals surface area contributed by atoms with Gasteiger partial charge in [0.1, 0.15) is 0 Å². The van der Waals surface area contributed by atoms with Gasteiger partial charge in [0, 0.05) is 18.9 Å². The van der Waals surface area contributed by atoms with Crippen molar-refractivity contribution in [2.75, 3.05) is 0 Å². The fourth-order valence-electron chi connectivity index (χ4n) is 5.25. The average Bonchev–Trinajstić information content (AvgIpc) is 3.00. The second-order valence-corrected chi connectivity index (χ2v) is 7.37. The van der Waals surface area contributed by atoms with Crippen LogP contribution in [0.1, 0.15) is 55.7 Å². The van der Waals surface area contributed by atoms with Gasteiger partial charge in [-0.1, -0.05) is 31.5 Å². The maximum absolute atomic E-state index is 4.21. The van der Waals surface area contributed by atoms with Crippen LogP contribution in [0.3, 0.4) is 0 Å². The predicted molar refractivity (Wildman–Crippen MR) is 97.3 cm³/mol. The quantitative estimate of drug-likeness (QED) is 0.776. The molecule has 0 spiro atoms. The molecule has 1 heterocycles. The van der Waals surface area contributed by atoms with Crippen LogP contribution in [0.25, 0.3) is 0 Å². The Bertz CT molecular complexity index is 650. The van der Waals surface area contributed by atoms with E-state index in [1.54, 1.807) is 16.7 Å². The van der Waals surface area contributed by atoms with Crippen LogP contribution < -0.4 is 0 Å². The molecule has 1 aromatic carbocycles. The number of hydrogen-bond donors (Lipinski definition) is 0. The van der Waals surface area contributed by atoms with Crippen molar-refractivity contribution in [2.24, 2.45) is 5.92 Å². The van der Waals surface area contributed by atoms with Crippen LogP contribution in [0, 0.1) is 5.92 Å². The molecule has 0 bridgehead atoms. The summed E-state index contributed by atoms with van der Waals surface area (Å²) in [7, 11) is 0. The van der Waals surface area contributed by atoms with Crippen LogP contribution in [-0.4, -0.2) is 9.55 Å². The van der Waals surface area contributed by atoms with Crippen molar-refractivity contribution >= 4 is 12.4 Å². The fourth-order valence-corrected chi connectivity index (χ4v) is 5.25. The molecule has 124 valence electrons. The molecule has 0 saturated heterocycles. The average molecular weight is 331 g/mol. The minimum absolute atomic E-state index is 0. The first-order chi connectivity index (χ1) is 10.8. The smallest absolute Gasteiger partial charge is 0.0945 e. The monoisotopic (exact) mass is 330 g/mol. The lowest BCUT2D eigenvalue weighted by molar-refractivity contribution is 0.218. The second kappa shape index (κ2) is 6.68. The molecule has 0 aliphatic heterocycles. The Hall–Kier alpha value is -1.28. The standard InChI is InChI=1S/C20H26N2.ClH/c1-2-8-20-9-4-7-17-5-3-6-18(19(17)20)12-16(13-20)14-22-11-10-21-15-22;/h3,5-6,10-11,15-16H,2,4,7-9,12-14H2,1H3;1H/t16-,20-;/m1./s1. The minimum Gasteiger partial charge on any atom is -0.337 e. The van der Waals surface area contributed by atoms with E-state index in [9.17, 15) is 0 Å². The molecule has 2 aliphatic carbocycles. The molecule has 0 saturated carbocycles. The molecule has 3 heteroatoms. The Morgan fingerprint density at radius 2 is 2.17 bits per heavy atom. The van der Waals surface area contributed by atoms with Crippen LogP contribution in [0.5, 0.6) is 0 Å². The number of rotatable bonds is 4. The van der Waals surface area contributed by atoms with Crippen molar-refractivity contribution in [3.8, 4) is 0 Å². The summed E-state index contributed by atoms with van der Waals surface area (Å²) in [6.45, 7) is 3.47. The van der Waals surface area contributed by atoms with E-state index >= 15 is 0 Å². The maximum atomic E-state index is 4.21. The molecular formula is C20H27ClN2. The zero-order valence-corrected chi connectivity index (χ0v) is 14.8. The topological polar surface area (TPSA) is 17.8 Å². The van der Waals surface area contributed by atoms with Gasteiger partial charge in [0.25, 0.3) is 0 Å². The number of aryl methyl sites for hydroxylation is 1. The lowest BCUT2D eigenvalue weighted by atomic mass is 9.58. The zero-order chi connectivity index (χ0) is 15.0. The number of aromatic nitrogens is 2. The van der Waals surface area contributed by atoms with E-state index < -0.39 is 0 Å². The van der Waals surface area contributed by atoms with Crippen molar-refractivity contribution in [1.29, 1.82) is 0 Å². The SMILES string of the molecule is CCC[C@]12CCCc3cccc(c31)C[C@@H](Cn1ccnc1)C2.Cl. The summed E-state index contributed by atoms with van der Waals surface area (Å²) in [5.41, 5.74) is 5.51. The molecule has 2 aromatic rings. The molecule has 2 nitrogen and oxygen atoms in total. The van der Waals surface area contributed by atoms with E-state index in [-0.39, 0.29) is 12.4 Å². The van der Waals surface area contributed by atoms with Gasteiger partial charge in [-0.25, -0.2) is 4.98 Å². The molecule has 23 heavy (non-hydrogen) atoms. The molecule has 0 radical (unpaired) electrons. The van der Waals surface area contributed by atoms with Gasteiger partial charge in [-0.05, 0) is 66.5 Å². The zero-order valence-electron chi connectivity index (χ0n) is 14.0. The normalized spacial score (nSPS) is 25.5. The molecular weight excluding hydrogens is 304 g/mol. The summed E-state index contributed by atoms with van der Waals surface area (Å²) < 4.78 is 2.27. The summed E-state index contributed by atoms with van der Waals surface area (Å²) >= 11 is 0. The Balaban J connectivity index is 0.00000156. The summed E-state index contributed by atoms with van der Waals surface area (Å²) in [5.74, 6) is 0.751. The number of nitrogens with zero attached hydrogens (tertiary/aromatic N) is 2. The predicted octanol–water partition coefficient (Wildman–Crippen LogP) is 4.94. The highest BCUT2D eigenvalue weighted by Gasteiger charge is 2.42. The van der Waals surface area contributed by atoms with Crippen LogP contribution >= 0.6 is 12.4 Å². The highest BCUT2D eigenvalue weighted by molar-refractivity contribution is 5.85. The summed E-state index contributed by atoms with van der Waals surface area (Å²) in [5, 5.41) is 0. The van der Waals surface area contributed by atoms with E-state index in [1.165, 1.54) is 44.9 Å². The van der Waals surface area contributed by atoms with Gasteiger partial charge in [0.15, 0.2) is 0 Å². The summed E-state index contributed by atoms with van der Waals surface area (Å²) in [6, 6.07) is 7.07. The molecule has 2 atom stereocenters. The van der Waals surface area contributed by atoms with Crippen LogP contribution in [0.4, 0.5) is 0 Å². The number of halogens is 1. The lowest BCUT2D eigenvalue weighted by Gasteiger charge is -2.47. The van der Waals surface area contributed by atoms with E-state index in [2.05, 4.69) is 40.9 Å². The van der Waals surface area contributed by atoms with Gasteiger partial charge in [0.2, 0.25) is 0 Å². The van der Waals surface area contributed by atoms with Crippen molar-refractivity contribution in [3.63, 3.8) is 0 Å². The first-order valence-corrected chi connectivity index (χ1v) is 8.88. The van der Waals surface area contributed by atoms with E-state index in [0.29, 0.717) is 5.41 Å². The molecule has 0 amide bonds. The van der Waals surface area contributed by atoms with Crippen molar-refractivity contribution in [1.82, 2.24) is 9.55 Å². The Morgan fingerprint density at radius 3 is 2.96 bits per heavy atom. The number of benzene rings is 1. The third-order valence-corrected chi connectivity index (χ3v) is 5.81. The minimum atomic E-state index is 0. The van der Waals surface area contributed by atoms with E-state index in [1.807, 2.05) is 12.5 Å². The lowest BCUT2D eigenvalue weighted by Crippen LogP contribution is -2.39. The molecule has 0 N–H and O–H groups in total. The fraction of sp³-hybridized carbons (Fsp3) is 0.550. The first kappa shape index (κ1) is 16.6. The highest BCUT2D eigenvalue weighted by atomic mass is 35.5. The maximum Gasteiger partial charge on any atom is 0.0945 e. The number of imidazole rings is 1. The van der Waals surface area contributed by atoms with Gasteiger partial charge in [-0.3, -0.25) is 0 Å². The van der Waals surface area contributed by atoms with Gasteiger partial charge < -0.3 is 4.57 Å². The molecule has 0 fully saturated rings. The molecule has 1 aromatic heterocycles. The van der Waals surface area contributed by atoms with Crippen LogP contribution in [-0.2, 0) is 24.8 Å². The van der Waals surface area contributed by atoms with Crippen molar-refractivity contribution in [3.05, 3.63) is 53.6 Å². The largest absolute Gasteiger partial charge is 0.337 e. The summed E-state index contributed by atoms with van der Waals surface area (Å²) in [6.07, 6.45) is 15.3. The van der Waals surface area contributed by atoms with Gasteiger partial charge in [0.05, 0.1) is 6.33 Å². The van der Waals surface area contributed by atoms with Crippen LogP contribution in [0.2, 0.25) is 0 Å². The Kier molecular flexibility index (Phi) is 4.82. The Morgan fingerprint density at radius 1 is 1.30 bits per heavy atom. The van der Waals surface area contributed by atoms with E-state index in [0.717, 1.165) is 12.5 Å². The Labute approximate surface area is 145 Å². The third kappa shape index (κ3) is 2.94. The number of hydrogen-bond acceptors (Lipinski definition) is 1. The third-order valence-electron chi connectivity index (χ3n) is 5.81. The molecule has 2 aliphatic rings. The molecule has 4 rings (SSSR count). The van der Waals surface area contributed by atoms with Gasteiger partial charge in [-0.15, -0.1) is 12.4 Å². The second-order valence-electron chi connectivity index (χ2n) is 7.37.